The number of methoxy groups -OCH3 is 1. The maximum atomic E-state index is 11.6. The van der Waals surface area contributed by atoms with E-state index in [0.717, 1.165) is 0 Å². The predicted octanol–water partition coefficient (Wildman–Crippen LogP) is -0.00750. The Morgan fingerprint density at radius 2 is 1.53 bits per heavy atom. The van der Waals surface area contributed by atoms with Gasteiger partial charge >= 0.3 is 5.97 Å². The van der Waals surface area contributed by atoms with Crippen molar-refractivity contribution in [1.29, 1.82) is 0 Å². The van der Waals surface area contributed by atoms with Crippen LogP contribution in [-0.2, 0) is 23.9 Å². The van der Waals surface area contributed by atoms with Crippen molar-refractivity contribution >= 4 is 23.4 Å². The summed E-state index contributed by atoms with van der Waals surface area (Å²) >= 11 is 0. The number of nitrogens with one attached hydrogen (secondary N) is 1. The first-order valence-electron chi connectivity index (χ1n) is 5.14. The molecule has 0 aromatic heterocycles. The van der Waals surface area contributed by atoms with Crippen LogP contribution < -0.4 is 5.32 Å². The molecule has 0 aliphatic heterocycles. The lowest BCUT2D eigenvalue weighted by Crippen LogP contribution is -2.58. The van der Waals surface area contributed by atoms with E-state index < -0.39 is 29.0 Å². The lowest BCUT2D eigenvalue weighted by atomic mass is 9.85. The zero-order valence-electron chi connectivity index (χ0n) is 10.5. The largest absolute Gasteiger partial charge is 0.469 e. The van der Waals surface area contributed by atoms with Crippen molar-refractivity contribution in [3.05, 3.63) is 0 Å². The van der Waals surface area contributed by atoms with Crippen LogP contribution in [0.3, 0.4) is 0 Å². The molecule has 6 heteroatoms. The van der Waals surface area contributed by atoms with Crippen molar-refractivity contribution < 1.29 is 23.9 Å². The molecule has 1 N–H and O–H groups in total. The van der Waals surface area contributed by atoms with Gasteiger partial charge in [0, 0.05) is 13.3 Å². The normalized spacial score (nSPS) is 10.6. The summed E-state index contributed by atoms with van der Waals surface area (Å²) in [6.45, 7) is 3.61. The van der Waals surface area contributed by atoms with Gasteiger partial charge in [0.25, 0.3) is 0 Å². The Balaban J connectivity index is 5.05. The van der Waals surface area contributed by atoms with E-state index in [1.165, 1.54) is 27.9 Å². The van der Waals surface area contributed by atoms with Gasteiger partial charge in [0.1, 0.15) is 0 Å². The van der Waals surface area contributed by atoms with Gasteiger partial charge in [-0.3, -0.25) is 19.2 Å². The lowest BCUT2D eigenvalue weighted by molar-refractivity contribution is -0.143. The molecule has 0 rings (SSSR count). The summed E-state index contributed by atoms with van der Waals surface area (Å²) in [4.78, 5) is 45.2. The fourth-order valence-corrected chi connectivity index (χ4v) is 1.53. The number of ether oxygens (including phenoxy) is 1. The third-order valence-corrected chi connectivity index (χ3v) is 2.52. The molecule has 0 atom stereocenters. The van der Waals surface area contributed by atoms with Gasteiger partial charge in [0.05, 0.1) is 7.11 Å². The van der Waals surface area contributed by atoms with E-state index in [9.17, 15) is 19.2 Å². The van der Waals surface area contributed by atoms with Crippen LogP contribution >= 0.6 is 0 Å². The molecule has 6 nitrogen and oxygen atoms in total. The molecule has 96 valence electrons. The number of hydrogen-bond acceptors (Lipinski definition) is 5. The number of Topliss-reactive ketones (excluding diaryl/α,β-unsaturated/α-hetero) is 2. The Bertz CT molecular complexity index is 334. The van der Waals surface area contributed by atoms with Crippen LogP contribution in [0.25, 0.3) is 0 Å². The van der Waals surface area contributed by atoms with E-state index in [2.05, 4.69) is 10.1 Å². The molecule has 0 aromatic rings. The first-order chi connectivity index (χ1) is 7.76. The van der Waals surface area contributed by atoms with Crippen LogP contribution in [-0.4, -0.2) is 36.1 Å². The molecule has 0 radical (unpaired) electrons. The summed E-state index contributed by atoms with van der Waals surface area (Å²) in [6.07, 6.45) is -0.208. The molecule has 0 aliphatic carbocycles. The fourth-order valence-electron chi connectivity index (χ4n) is 1.53. The van der Waals surface area contributed by atoms with Crippen molar-refractivity contribution in [2.45, 2.75) is 39.2 Å². The van der Waals surface area contributed by atoms with Crippen molar-refractivity contribution in [3.8, 4) is 0 Å². The van der Waals surface area contributed by atoms with Gasteiger partial charge in [-0.25, -0.2) is 0 Å². The summed E-state index contributed by atoms with van der Waals surface area (Å²) in [7, 11) is 1.21. The second-order valence-corrected chi connectivity index (χ2v) is 3.78. The monoisotopic (exact) mass is 243 g/mol. The number of esters is 1. The molecule has 0 saturated heterocycles. The second-order valence-electron chi connectivity index (χ2n) is 3.78. The highest BCUT2D eigenvalue weighted by molar-refractivity contribution is 6.12. The molecule has 0 unspecified atom stereocenters. The van der Waals surface area contributed by atoms with Gasteiger partial charge in [0.15, 0.2) is 17.1 Å². The number of hydrogen-bond donors (Lipinski definition) is 1. The zero-order chi connectivity index (χ0) is 13.6. The van der Waals surface area contributed by atoms with E-state index in [0.29, 0.717) is 0 Å². The first-order valence-corrected chi connectivity index (χ1v) is 5.14. The molecular formula is C11H17NO5. The van der Waals surface area contributed by atoms with Gasteiger partial charge in [-0.2, -0.15) is 0 Å². The summed E-state index contributed by atoms with van der Waals surface area (Å²) < 4.78 is 4.44. The Morgan fingerprint density at radius 3 is 1.82 bits per heavy atom. The Morgan fingerprint density at radius 1 is 1.06 bits per heavy atom. The fraction of sp³-hybridized carbons (Fsp3) is 0.636. The molecule has 0 aromatic carbocycles. The van der Waals surface area contributed by atoms with Crippen LogP contribution in [0, 0.1) is 0 Å². The Kier molecular flexibility index (Phi) is 5.50. The number of ketones is 2. The quantitative estimate of drug-likeness (QED) is 0.523. The molecule has 1 amide bonds. The smallest absolute Gasteiger partial charge is 0.305 e. The van der Waals surface area contributed by atoms with Gasteiger partial charge in [-0.05, 0) is 20.3 Å². The number of rotatable bonds is 6. The predicted molar refractivity (Wildman–Crippen MR) is 59.2 cm³/mol. The minimum Gasteiger partial charge on any atom is -0.469 e. The number of amides is 1. The average molecular weight is 243 g/mol. The Hall–Kier alpha value is -1.72. The molecule has 0 fully saturated rings. The van der Waals surface area contributed by atoms with E-state index in [1.54, 1.807) is 0 Å². The summed E-state index contributed by atoms with van der Waals surface area (Å²) in [5, 5.41) is 2.33. The third-order valence-electron chi connectivity index (χ3n) is 2.52. The summed E-state index contributed by atoms with van der Waals surface area (Å²) in [6, 6.07) is 0. The van der Waals surface area contributed by atoms with Crippen molar-refractivity contribution in [1.82, 2.24) is 5.32 Å². The highest BCUT2D eigenvalue weighted by atomic mass is 16.5. The molecule has 17 heavy (non-hydrogen) atoms. The second kappa shape index (κ2) is 6.12. The van der Waals surface area contributed by atoms with Gasteiger partial charge < -0.3 is 10.1 Å². The summed E-state index contributed by atoms with van der Waals surface area (Å²) in [5.74, 6) is -2.03. The van der Waals surface area contributed by atoms with Crippen LogP contribution in [0.4, 0.5) is 0 Å². The van der Waals surface area contributed by atoms with Gasteiger partial charge in [-0.1, -0.05) is 0 Å². The van der Waals surface area contributed by atoms with E-state index >= 15 is 0 Å². The molecule has 0 heterocycles. The maximum Gasteiger partial charge on any atom is 0.305 e. The Labute approximate surface area is 99.7 Å². The number of carbonyl (C=O) groups excluding carboxylic acids is 4. The van der Waals surface area contributed by atoms with E-state index in [1.807, 2.05) is 0 Å². The molecule has 0 aliphatic rings. The van der Waals surface area contributed by atoms with Crippen LogP contribution in [0.1, 0.15) is 33.6 Å². The van der Waals surface area contributed by atoms with E-state index in [4.69, 9.17) is 0 Å². The summed E-state index contributed by atoms with van der Waals surface area (Å²) in [5.41, 5.74) is -1.62. The average Bonchev–Trinajstić information content (AvgIpc) is 2.22. The molecular weight excluding hydrogens is 226 g/mol. The van der Waals surface area contributed by atoms with E-state index in [-0.39, 0.29) is 12.8 Å². The van der Waals surface area contributed by atoms with Crippen LogP contribution in [0.15, 0.2) is 0 Å². The SMILES string of the molecule is COC(=O)CCC(NC(C)=O)(C(C)=O)C(C)=O. The van der Waals surface area contributed by atoms with Crippen molar-refractivity contribution in [2.24, 2.45) is 0 Å². The third kappa shape index (κ3) is 3.97. The number of carbonyl (C=O) groups is 4. The standard InChI is InChI=1S/C11H17NO5/c1-7(13)11(8(2)14,12-9(3)15)6-5-10(16)17-4/h5-6H2,1-4H3,(H,12,15). The van der Waals surface area contributed by atoms with Crippen LogP contribution in [0.2, 0.25) is 0 Å². The minimum absolute atomic E-state index is 0.0933. The van der Waals surface area contributed by atoms with Crippen molar-refractivity contribution in [2.75, 3.05) is 7.11 Å². The zero-order valence-corrected chi connectivity index (χ0v) is 10.5. The van der Waals surface area contributed by atoms with Gasteiger partial charge in [0.2, 0.25) is 5.91 Å². The van der Waals surface area contributed by atoms with Crippen LogP contribution in [0.5, 0.6) is 0 Å². The highest BCUT2D eigenvalue weighted by Crippen LogP contribution is 2.17. The first kappa shape index (κ1) is 15.3. The molecule has 0 spiro atoms. The minimum atomic E-state index is -1.62. The topological polar surface area (TPSA) is 89.5 Å². The highest BCUT2D eigenvalue weighted by Gasteiger charge is 2.41. The maximum absolute atomic E-state index is 11.6. The lowest BCUT2D eigenvalue weighted by Gasteiger charge is -2.28. The molecule has 0 saturated carbocycles. The molecule has 0 bridgehead atoms. The van der Waals surface area contributed by atoms with Crippen molar-refractivity contribution in [3.63, 3.8) is 0 Å². The van der Waals surface area contributed by atoms with Gasteiger partial charge in [-0.15, -0.1) is 0 Å².